The molecule has 0 bridgehead atoms. The van der Waals surface area contributed by atoms with Gasteiger partial charge in [0.15, 0.2) is 0 Å². The molecule has 608 valence electrons. The van der Waals surface area contributed by atoms with Gasteiger partial charge in [-0.1, -0.05) is 101 Å². The van der Waals surface area contributed by atoms with E-state index in [1.807, 2.05) is 148 Å². The molecule has 19 rings (SSSR count). The van der Waals surface area contributed by atoms with Crippen molar-refractivity contribution in [1.82, 2.24) is 19.9 Å². The van der Waals surface area contributed by atoms with Gasteiger partial charge >= 0.3 is 0 Å². The molecule has 0 atom stereocenters. The molecule has 18 nitrogen and oxygen atoms in total. The number of fused-ring (bicyclic) bond motifs is 6. The molecule has 9 aliphatic rings. The van der Waals surface area contributed by atoms with Crippen LogP contribution in [0.3, 0.4) is 0 Å². The molecule has 2 aliphatic carbocycles. The number of carbonyl (C=O) groups is 4. The maximum Gasteiger partial charge on any atom is 0.230 e. The Labute approximate surface area is 707 Å². The molecule has 11 heterocycles. The van der Waals surface area contributed by atoms with Crippen molar-refractivity contribution >= 4 is 138 Å². The Morgan fingerprint density at radius 2 is 0.795 bits per heavy atom. The third kappa shape index (κ3) is 19.7. The highest BCUT2D eigenvalue weighted by molar-refractivity contribution is 6.31. The molecule has 5 fully saturated rings. The first-order chi connectivity index (χ1) is 57.2. The van der Waals surface area contributed by atoms with E-state index in [1.165, 1.54) is 65.1 Å². The predicted molar refractivity (Wildman–Crippen MR) is 473 cm³/mol. The highest BCUT2D eigenvalue weighted by Gasteiger charge is 2.37. The Hall–Kier alpha value is -9.40. The first kappa shape index (κ1) is 81.3. The van der Waals surface area contributed by atoms with E-state index in [9.17, 15) is 19.2 Å². The molecule has 7 aliphatic heterocycles. The Kier molecular flexibility index (Phi) is 26.5. The summed E-state index contributed by atoms with van der Waals surface area (Å²) in [5, 5.41) is 7.51. The second-order valence-electron chi connectivity index (χ2n) is 32.8. The second-order valence-corrected chi connectivity index (χ2v) is 34.5. The van der Waals surface area contributed by atoms with Gasteiger partial charge in [-0.05, 0) is 258 Å². The Balaban J connectivity index is 0.000000117. The first-order valence-electron chi connectivity index (χ1n) is 42.3. The monoisotopic (exact) mass is 1650 g/mol. The lowest BCUT2D eigenvalue weighted by Crippen LogP contribution is -2.45. The van der Waals surface area contributed by atoms with Crippen molar-refractivity contribution in [2.24, 2.45) is 29.6 Å². The van der Waals surface area contributed by atoms with Crippen LogP contribution in [0.4, 0.5) is 46.0 Å². The lowest BCUT2D eigenvalue weighted by molar-refractivity contribution is -0.124. The summed E-state index contributed by atoms with van der Waals surface area (Å²) in [7, 11) is 0. The highest BCUT2D eigenvalue weighted by Crippen LogP contribution is 2.39. The van der Waals surface area contributed by atoms with Crippen LogP contribution in [-0.2, 0) is 61.1 Å². The fourth-order valence-electron chi connectivity index (χ4n) is 18.2. The van der Waals surface area contributed by atoms with Crippen LogP contribution in [0, 0.1) is 36.5 Å². The lowest BCUT2D eigenvalue weighted by Gasteiger charge is -2.37. The molecule has 0 N–H and O–H groups in total. The smallest absolute Gasteiger partial charge is 0.230 e. The number of amides is 4. The number of halogens is 4. The number of pyridine rings is 4. The van der Waals surface area contributed by atoms with Crippen molar-refractivity contribution < 1.29 is 28.7 Å². The maximum absolute atomic E-state index is 13.4. The first-order valence-corrected chi connectivity index (χ1v) is 43.8. The number of hydrogen-bond acceptors (Lipinski definition) is 14. The molecule has 22 heteroatoms. The summed E-state index contributed by atoms with van der Waals surface area (Å²) in [6.07, 6.45) is 25.1. The van der Waals surface area contributed by atoms with E-state index in [4.69, 9.17) is 55.9 Å². The number of aromatic nitrogens is 4. The van der Waals surface area contributed by atoms with E-state index >= 15 is 0 Å². The van der Waals surface area contributed by atoms with Crippen molar-refractivity contribution in [3.63, 3.8) is 0 Å². The molecule has 0 radical (unpaired) electrons. The maximum atomic E-state index is 13.4. The van der Waals surface area contributed by atoms with Gasteiger partial charge in [0, 0.05) is 192 Å². The van der Waals surface area contributed by atoms with Gasteiger partial charge in [-0.2, -0.15) is 0 Å². The van der Waals surface area contributed by atoms with Gasteiger partial charge in [0.1, 0.15) is 23.3 Å². The third-order valence-corrected chi connectivity index (χ3v) is 26.1. The normalized spacial score (nSPS) is 18.2. The van der Waals surface area contributed by atoms with Crippen molar-refractivity contribution in [3.05, 3.63) is 236 Å². The SMILES string of the molecule is Cc1ccnc(N2CCC(C(=O)N(CC3CCC3)c3ccc(Cl)cc3)CC2)c1.O=C(C1CCN(c2cc3c(cn2)CCC3)CC1)N1CCOCc2cc(Cl)ccc21.O=C(C1CCN(c2cc3ccccc3cn2)CC1)N1CCCCc2cc(Cl)ccc21.O=C(C1CCN(c2cc3ccccc3cn2)CC1)N1CCOCc2cc(Cl)ccc21. The van der Waals surface area contributed by atoms with Crippen molar-refractivity contribution in [1.29, 1.82) is 0 Å². The van der Waals surface area contributed by atoms with Crippen LogP contribution < -0.4 is 39.2 Å². The summed E-state index contributed by atoms with van der Waals surface area (Å²) in [4.78, 5) is 89.1. The number of rotatable bonds is 11. The molecular formula is C95H104Cl4N12O6. The van der Waals surface area contributed by atoms with Crippen LogP contribution in [0.25, 0.3) is 21.5 Å². The summed E-state index contributed by atoms with van der Waals surface area (Å²) >= 11 is 24.6. The summed E-state index contributed by atoms with van der Waals surface area (Å²) in [5.41, 5.74) is 11.1. The minimum atomic E-state index is 0.0170. The van der Waals surface area contributed by atoms with E-state index < -0.39 is 0 Å². The third-order valence-electron chi connectivity index (χ3n) is 25.1. The number of carbonyl (C=O) groups excluding carboxylic acids is 4. The highest BCUT2D eigenvalue weighted by atomic mass is 35.5. The number of nitrogens with zero attached hydrogens (tertiary/aromatic N) is 12. The summed E-state index contributed by atoms with van der Waals surface area (Å²) in [6, 6.07) is 52.3. The second kappa shape index (κ2) is 38.1. The van der Waals surface area contributed by atoms with Crippen molar-refractivity contribution in [3.8, 4) is 0 Å². The molecule has 6 aromatic carbocycles. The van der Waals surface area contributed by atoms with Crippen molar-refractivity contribution in [2.45, 2.75) is 129 Å². The van der Waals surface area contributed by atoms with Gasteiger partial charge in [0.05, 0.1) is 26.4 Å². The van der Waals surface area contributed by atoms with Gasteiger partial charge in [0.25, 0.3) is 0 Å². The standard InChI is InChI=1S/C25H26ClN3O.C24H24ClN3O2.C23H26ClN3O2.C23H28ClN3O/c26-22-8-9-23-20(15-22)6-3-4-12-29(23)25(30)18-10-13-28(14-11-18)24-16-19-5-1-2-7-21(19)17-27-24;25-21-5-6-22-20(13-21)16-30-12-11-28(22)24(29)17-7-9-27(10-8-17)23-14-18-3-1-2-4-19(18)15-26-23;24-20-4-5-21-19(12-20)15-29-11-10-27(21)23(28)16-6-8-26(9-7-16)22-13-17-2-1-3-18(17)14-25-22;1-17-9-12-25-22(15-17)26-13-10-19(11-14-26)23(28)27(16-18-3-2-4-18)21-7-5-20(24)6-8-21/h1-2,5,7-9,15-18H,3-4,6,10-14H2;1-6,13-15,17H,7-12,16H2;4-5,12-14,16H,1-3,6-11,15H2;5-9,12,15,18-19H,2-4,10-11,13-14,16H2,1H3. The molecule has 4 aromatic heterocycles. The lowest BCUT2D eigenvalue weighted by atomic mass is 9.84. The van der Waals surface area contributed by atoms with Crippen LogP contribution in [0.5, 0.6) is 0 Å². The minimum Gasteiger partial charge on any atom is -0.375 e. The van der Waals surface area contributed by atoms with Gasteiger partial charge in [-0.3, -0.25) is 19.2 Å². The Bertz CT molecular complexity index is 4980. The Morgan fingerprint density at radius 1 is 0.376 bits per heavy atom. The number of ether oxygens (including phenoxy) is 2. The molecule has 0 spiro atoms. The van der Waals surface area contributed by atoms with Crippen LogP contribution in [0.2, 0.25) is 20.1 Å². The van der Waals surface area contributed by atoms with E-state index in [0.717, 1.165) is 215 Å². The topological polar surface area (TPSA) is 164 Å². The molecule has 117 heavy (non-hydrogen) atoms. The number of piperidine rings is 4. The quantitative estimate of drug-likeness (QED) is 0.120. The molecular weight excluding hydrogens is 1550 g/mol. The number of benzene rings is 6. The average Bonchev–Trinajstić information content (AvgIpc) is 1.79. The largest absolute Gasteiger partial charge is 0.375 e. The molecule has 0 unspecified atom stereocenters. The molecule has 1 saturated carbocycles. The number of hydrogen-bond donors (Lipinski definition) is 0. The van der Waals surface area contributed by atoms with Gasteiger partial charge in [0.2, 0.25) is 23.6 Å². The fourth-order valence-corrected chi connectivity index (χ4v) is 18.9. The number of aryl methyl sites for hydroxylation is 4. The predicted octanol–water partition coefficient (Wildman–Crippen LogP) is 19.2. The number of anilines is 8. The average molecular weight is 1650 g/mol. The van der Waals surface area contributed by atoms with E-state index in [2.05, 4.69) is 101 Å². The van der Waals surface area contributed by atoms with E-state index in [0.29, 0.717) is 60.5 Å². The van der Waals surface area contributed by atoms with Crippen LogP contribution in [0.1, 0.15) is 123 Å². The van der Waals surface area contributed by atoms with Gasteiger partial charge in [-0.15, -0.1) is 0 Å². The van der Waals surface area contributed by atoms with Gasteiger partial charge in [-0.25, -0.2) is 19.9 Å². The van der Waals surface area contributed by atoms with Crippen LogP contribution >= 0.6 is 46.4 Å². The van der Waals surface area contributed by atoms with Crippen LogP contribution in [0.15, 0.2) is 183 Å². The van der Waals surface area contributed by atoms with E-state index in [1.54, 1.807) is 0 Å². The molecule has 4 saturated heterocycles. The van der Waals surface area contributed by atoms with Crippen LogP contribution in [-0.4, -0.2) is 135 Å². The van der Waals surface area contributed by atoms with E-state index in [-0.39, 0.29) is 47.3 Å². The zero-order valence-electron chi connectivity index (χ0n) is 66.9. The molecule has 4 amide bonds. The summed E-state index contributed by atoms with van der Waals surface area (Å²) < 4.78 is 11.4. The minimum absolute atomic E-state index is 0.0170. The van der Waals surface area contributed by atoms with Crippen molar-refractivity contribution in [2.75, 3.05) is 131 Å². The fraction of sp³-hybridized carbons (Fsp3) is 0.411. The summed E-state index contributed by atoms with van der Waals surface area (Å²) in [6.45, 7) is 13.9. The summed E-state index contributed by atoms with van der Waals surface area (Å²) in [5.74, 6) is 5.88. The zero-order chi connectivity index (χ0) is 80.3. The Morgan fingerprint density at radius 3 is 1.28 bits per heavy atom. The van der Waals surface area contributed by atoms with Gasteiger partial charge < -0.3 is 48.7 Å². The zero-order valence-corrected chi connectivity index (χ0v) is 69.9. The molecule has 10 aromatic rings.